The van der Waals surface area contributed by atoms with Crippen LogP contribution in [0.5, 0.6) is 0 Å². The summed E-state index contributed by atoms with van der Waals surface area (Å²) in [5.41, 5.74) is 1.47. The second kappa shape index (κ2) is 5.10. The molecular weight excluding hydrogens is 241 g/mol. The van der Waals surface area contributed by atoms with Crippen LogP contribution in [-0.4, -0.2) is 9.97 Å². The molecule has 0 radical (unpaired) electrons. The van der Waals surface area contributed by atoms with Crippen molar-refractivity contribution in [2.75, 3.05) is 5.32 Å². The van der Waals surface area contributed by atoms with Crippen LogP contribution in [0.4, 0.5) is 10.1 Å². The van der Waals surface area contributed by atoms with E-state index in [0.717, 1.165) is 5.69 Å². The van der Waals surface area contributed by atoms with Gasteiger partial charge in [0.25, 0.3) is 0 Å². The van der Waals surface area contributed by atoms with E-state index in [-0.39, 0.29) is 11.9 Å². The predicted octanol–water partition coefficient (Wildman–Crippen LogP) is 3.44. The van der Waals surface area contributed by atoms with Crippen LogP contribution in [0.25, 0.3) is 0 Å². The van der Waals surface area contributed by atoms with E-state index in [9.17, 15) is 4.39 Å². The molecule has 0 amide bonds. The van der Waals surface area contributed by atoms with Gasteiger partial charge in [-0.25, -0.2) is 4.39 Å². The molecule has 1 aromatic heterocycles. The number of hydrogen-bond donors (Lipinski definition) is 1. The third-order valence-electron chi connectivity index (χ3n) is 2.33. The van der Waals surface area contributed by atoms with Crippen molar-refractivity contribution in [2.24, 2.45) is 0 Å². The summed E-state index contributed by atoms with van der Waals surface area (Å²) in [6, 6.07) is 4.18. The topological polar surface area (TPSA) is 37.8 Å². The summed E-state index contributed by atoms with van der Waals surface area (Å²) in [5.74, 6) is -0.354. The number of nitrogens with zero attached hydrogens (tertiary/aromatic N) is 2. The highest BCUT2D eigenvalue weighted by Crippen LogP contribution is 2.25. The Morgan fingerprint density at radius 3 is 2.82 bits per heavy atom. The Hall–Kier alpha value is -1.68. The van der Waals surface area contributed by atoms with E-state index in [4.69, 9.17) is 11.6 Å². The Morgan fingerprint density at radius 2 is 2.18 bits per heavy atom. The molecule has 2 aromatic rings. The number of benzene rings is 1. The Balaban J connectivity index is 2.16. The molecule has 2 rings (SSSR count). The SMILES string of the molecule is CC(Nc1ccc(F)cc1Cl)c1cnccn1. The lowest BCUT2D eigenvalue weighted by molar-refractivity contribution is 0.628. The number of aromatic nitrogens is 2. The third kappa shape index (κ3) is 2.91. The van der Waals surface area contributed by atoms with Gasteiger partial charge in [-0.1, -0.05) is 11.6 Å². The van der Waals surface area contributed by atoms with Gasteiger partial charge in [-0.15, -0.1) is 0 Å². The first-order valence-corrected chi connectivity index (χ1v) is 5.52. The zero-order valence-corrected chi connectivity index (χ0v) is 9.95. The van der Waals surface area contributed by atoms with E-state index in [1.165, 1.54) is 12.1 Å². The first-order valence-electron chi connectivity index (χ1n) is 5.14. The smallest absolute Gasteiger partial charge is 0.124 e. The summed E-state index contributed by atoms with van der Waals surface area (Å²) < 4.78 is 12.9. The first kappa shape index (κ1) is 11.8. The van der Waals surface area contributed by atoms with Crippen LogP contribution in [0.15, 0.2) is 36.8 Å². The lowest BCUT2D eigenvalue weighted by Crippen LogP contribution is -2.09. The molecule has 0 spiro atoms. The minimum absolute atomic E-state index is 0.0494. The van der Waals surface area contributed by atoms with Crippen LogP contribution < -0.4 is 5.32 Å². The van der Waals surface area contributed by atoms with Crippen molar-refractivity contribution < 1.29 is 4.39 Å². The van der Waals surface area contributed by atoms with Crippen molar-refractivity contribution in [1.82, 2.24) is 9.97 Å². The number of rotatable bonds is 3. The molecule has 88 valence electrons. The quantitative estimate of drug-likeness (QED) is 0.908. The van der Waals surface area contributed by atoms with E-state index in [0.29, 0.717) is 10.7 Å². The lowest BCUT2D eigenvalue weighted by Gasteiger charge is -2.15. The molecule has 1 aromatic carbocycles. The summed E-state index contributed by atoms with van der Waals surface area (Å²) in [6.45, 7) is 1.93. The number of anilines is 1. The standard InChI is InChI=1S/C12H11ClFN3/c1-8(12-7-15-4-5-16-12)17-11-3-2-9(14)6-10(11)13/h2-8,17H,1H3. The Morgan fingerprint density at radius 1 is 1.35 bits per heavy atom. The molecule has 0 fully saturated rings. The van der Waals surface area contributed by atoms with Gasteiger partial charge in [-0.05, 0) is 25.1 Å². The van der Waals surface area contributed by atoms with E-state index in [2.05, 4.69) is 15.3 Å². The molecule has 0 saturated carbocycles. The van der Waals surface area contributed by atoms with Gasteiger partial charge in [0.15, 0.2) is 0 Å². The molecule has 0 bridgehead atoms. The molecule has 1 N–H and O–H groups in total. The monoisotopic (exact) mass is 251 g/mol. The van der Waals surface area contributed by atoms with Gasteiger partial charge < -0.3 is 5.32 Å². The van der Waals surface area contributed by atoms with E-state index in [1.54, 1.807) is 24.7 Å². The van der Waals surface area contributed by atoms with Crippen molar-refractivity contribution in [1.29, 1.82) is 0 Å². The second-order valence-corrected chi connectivity index (χ2v) is 4.03. The summed E-state index contributed by atoms with van der Waals surface area (Å²) in [6.07, 6.45) is 4.91. The highest BCUT2D eigenvalue weighted by atomic mass is 35.5. The number of hydrogen-bond acceptors (Lipinski definition) is 3. The minimum atomic E-state index is -0.354. The molecule has 17 heavy (non-hydrogen) atoms. The van der Waals surface area contributed by atoms with Gasteiger partial charge in [-0.3, -0.25) is 9.97 Å². The zero-order valence-electron chi connectivity index (χ0n) is 9.19. The van der Waals surface area contributed by atoms with E-state index >= 15 is 0 Å². The second-order valence-electron chi connectivity index (χ2n) is 3.62. The van der Waals surface area contributed by atoms with Crippen molar-refractivity contribution in [3.63, 3.8) is 0 Å². The molecule has 1 atom stereocenters. The van der Waals surface area contributed by atoms with Crippen LogP contribution in [0, 0.1) is 5.82 Å². The molecule has 1 heterocycles. The maximum atomic E-state index is 12.9. The van der Waals surface area contributed by atoms with Gasteiger partial charge in [0.05, 0.1) is 28.6 Å². The zero-order chi connectivity index (χ0) is 12.3. The highest BCUT2D eigenvalue weighted by molar-refractivity contribution is 6.33. The normalized spacial score (nSPS) is 12.2. The maximum absolute atomic E-state index is 12.9. The summed E-state index contributed by atoms with van der Waals surface area (Å²) in [5, 5.41) is 3.50. The average molecular weight is 252 g/mol. The molecule has 0 aliphatic carbocycles. The minimum Gasteiger partial charge on any atom is -0.376 e. The summed E-state index contributed by atoms with van der Waals surface area (Å²) in [7, 11) is 0. The van der Waals surface area contributed by atoms with Crippen molar-refractivity contribution in [3.8, 4) is 0 Å². The largest absolute Gasteiger partial charge is 0.376 e. The van der Waals surface area contributed by atoms with E-state index < -0.39 is 0 Å². The van der Waals surface area contributed by atoms with Gasteiger partial charge in [0, 0.05) is 12.4 Å². The summed E-state index contributed by atoms with van der Waals surface area (Å²) in [4.78, 5) is 8.17. The Bertz CT molecular complexity index is 504. The van der Waals surface area contributed by atoms with E-state index in [1.807, 2.05) is 6.92 Å². The van der Waals surface area contributed by atoms with Crippen LogP contribution in [0.3, 0.4) is 0 Å². The highest BCUT2D eigenvalue weighted by Gasteiger charge is 2.09. The fraction of sp³-hybridized carbons (Fsp3) is 0.167. The molecule has 0 aliphatic heterocycles. The lowest BCUT2D eigenvalue weighted by atomic mass is 10.2. The van der Waals surface area contributed by atoms with Crippen LogP contribution in [0.2, 0.25) is 5.02 Å². The fourth-order valence-electron chi connectivity index (χ4n) is 1.45. The number of halogens is 2. The molecule has 0 aliphatic rings. The summed E-state index contributed by atoms with van der Waals surface area (Å²) >= 11 is 5.92. The van der Waals surface area contributed by atoms with Crippen LogP contribution in [-0.2, 0) is 0 Å². The van der Waals surface area contributed by atoms with Gasteiger partial charge >= 0.3 is 0 Å². The van der Waals surface area contributed by atoms with Crippen LogP contribution >= 0.6 is 11.6 Å². The molecule has 1 unspecified atom stereocenters. The fourth-order valence-corrected chi connectivity index (χ4v) is 1.67. The molecular formula is C12H11ClFN3. The van der Waals surface area contributed by atoms with Gasteiger partial charge in [0.2, 0.25) is 0 Å². The predicted molar refractivity (Wildman–Crippen MR) is 65.5 cm³/mol. The molecule has 0 saturated heterocycles. The third-order valence-corrected chi connectivity index (χ3v) is 2.64. The van der Waals surface area contributed by atoms with Crippen LogP contribution in [0.1, 0.15) is 18.7 Å². The number of nitrogens with one attached hydrogen (secondary N) is 1. The van der Waals surface area contributed by atoms with Crippen molar-refractivity contribution >= 4 is 17.3 Å². The van der Waals surface area contributed by atoms with Crippen molar-refractivity contribution in [3.05, 3.63) is 53.3 Å². The Labute approximate surface area is 104 Å². The average Bonchev–Trinajstić information content (AvgIpc) is 2.34. The molecule has 5 heteroatoms. The molecule has 3 nitrogen and oxygen atoms in total. The van der Waals surface area contributed by atoms with Gasteiger partial charge in [-0.2, -0.15) is 0 Å². The van der Waals surface area contributed by atoms with Crippen molar-refractivity contribution in [2.45, 2.75) is 13.0 Å². The van der Waals surface area contributed by atoms with Gasteiger partial charge in [0.1, 0.15) is 5.82 Å². The Kier molecular flexibility index (Phi) is 3.54. The maximum Gasteiger partial charge on any atom is 0.124 e. The first-order chi connectivity index (χ1) is 8.16.